The summed E-state index contributed by atoms with van der Waals surface area (Å²) in [6.45, 7) is 0. The van der Waals surface area contributed by atoms with Crippen LogP contribution < -0.4 is 5.32 Å². The molecule has 0 saturated heterocycles. The first kappa shape index (κ1) is 20.7. The molecule has 0 heterocycles. The maximum absolute atomic E-state index is 13.8. The number of amides is 1. The maximum atomic E-state index is 13.8. The molecule has 4 fully saturated rings. The van der Waals surface area contributed by atoms with Gasteiger partial charge in [-0.15, -0.1) is 0 Å². The fourth-order valence-electron chi connectivity index (χ4n) is 6.24. The molecule has 2 aromatic carbocycles. The SMILES string of the molecule is O=C(Cc1ccccc1F)c1ccc(C(=O)N[C@H]2C3CC4CC2C[C@](O)(C4)C3)c(Cl)c1. The second-order valence-corrected chi connectivity index (χ2v) is 9.99. The van der Waals surface area contributed by atoms with E-state index in [-0.39, 0.29) is 29.2 Å². The zero-order valence-electron chi connectivity index (χ0n) is 17.1. The van der Waals surface area contributed by atoms with E-state index in [1.165, 1.54) is 12.1 Å². The average Bonchev–Trinajstić information content (AvgIpc) is 2.71. The van der Waals surface area contributed by atoms with E-state index in [0.29, 0.717) is 34.4 Å². The van der Waals surface area contributed by atoms with E-state index in [1.54, 1.807) is 30.3 Å². The Labute approximate surface area is 185 Å². The second-order valence-electron chi connectivity index (χ2n) is 9.58. The highest BCUT2D eigenvalue weighted by Crippen LogP contribution is 2.55. The number of nitrogens with one attached hydrogen (secondary N) is 1. The summed E-state index contributed by atoms with van der Waals surface area (Å²) in [6, 6.07) is 10.9. The molecule has 2 N–H and O–H groups in total. The minimum atomic E-state index is -0.546. The monoisotopic (exact) mass is 441 g/mol. The van der Waals surface area contributed by atoms with Gasteiger partial charge in [0.05, 0.1) is 16.2 Å². The molecule has 4 aliphatic carbocycles. The molecule has 0 aliphatic heterocycles. The van der Waals surface area contributed by atoms with Gasteiger partial charge in [-0.3, -0.25) is 9.59 Å². The van der Waals surface area contributed by atoms with Gasteiger partial charge < -0.3 is 10.4 Å². The van der Waals surface area contributed by atoms with Gasteiger partial charge in [0.2, 0.25) is 0 Å². The van der Waals surface area contributed by atoms with Gasteiger partial charge >= 0.3 is 0 Å². The third kappa shape index (κ3) is 3.90. The number of benzene rings is 2. The number of ketones is 1. The topological polar surface area (TPSA) is 66.4 Å². The molecule has 2 aromatic rings. The summed E-state index contributed by atoms with van der Waals surface area (Å²) in [5, 5.41) is 14.1. The molecule has 0 aromatic heterocycles. The van der Waals surface area contributed by atoms with Gasteiger partial charge in [0, 0.05) is 18.0 Å². The summed E-state index contributed by atoms with van der Waals surface area (Å²) in [5.74, 6) is 0.259. The molecule has 0 radical (unpaired) electrons. The van der Waals surface area contributed by atoms with Crippen molar-refractivity contribution in [1.82, 2.24) is 5.32 Å². The summed E-state index contributed by atoms with van der Waals surface area (Å²) >= 11 is 6.37. The molecule has 31 heavy (non-hydrogen) atoms. The summed E-state index contributed by atoms with van der Waals surface area (Å²) in [7, 11) is 0. The van der Waals surface area contributed by atoms with Crippen LogP contribution >= 0.6 is 11.6 Å². The molecule has 162 valence electrons. The van der Waals surface area contributed by atoms with Gasteiger partial charge in [0.25, 0.3) is 5.91 Å². The summed E-state index contributed by atoms with van der Waals surface area (Å²) < 4.78 is 13.8. The smallest absolute Gasteiger partial charge is 0.253 e. The van der Waals surface area contributed by atoms with E-state index in [9.17, 15) is 19.1 Å². The van der Waals surface area contributed by atoms with Crippen LogP contribution in [0.1, 0.15) is 58.4 Å². The van der Waals surface area contributed by atoms with Crippen LogP contribution in [0.5, 0.6) is 0 Å². The number of hydrogen-bond acceptors (Lipinski definition) is 3. The average molecular weight is 442 g/mol. The number of halogens is 2. The molecule has 0 spiro atoms. The van der Waals surface area contributed by atoms with E-state index in [1.807, 2.05) is 0 Å². The molecule has 6 rings (SSSR count). The number of aliphatic hydroxyl groups is 1. The van der Waals surface area contributed by atoms with Gasteiger partial charge in [0.15, 0.2) is 5.78 Å². The Morgan fingerprint density at radius 2 is 1.81 bits per heavy atom. The van der Waals surface area contributed by atoms with Crippen molar-refractivity contribution in [1.29, 1.82) is 0 Å². The molecule has 4 bridgehead atoms. The Bertz CT molecular complexity index is 1040. The molecule has 1 amide bonds. The number of Topliss-reactive ketones (excluding diaryl/α,β-unsaturated/α-hetero) is 1. The van der Waals surface area contributed by atoms with Crippen LogP contribution in [-0.4, -0.2) is 28.4 Å². The zero-order chi connectivity index (χ0) is 21.8. The first-order valence-electron chi connectivity index (χ1n) is 10.9. The Hall–Kier alpha value is -2.24. The Balaban J connectivity index is 1.28. The molecule has 4 saturated carbocycles. The van der Waals surface area contributed by atoms with Crippen molar-refractivity contribution in [2.45, 2.75) is 50.2 Å². The van der Waals surface area contributed by atoms with Crippen LogP contribution in [0.15, 0.2) is 42.5 Å². The highest BCUT2D eigenvalue weighted by Gasteiger charge is 2.55. The van der Waals surface area contributed by atoms with E-state index in [4.69, 9.17) is 11.6 Å². The largest absolute Gasteiger partial charge is 0.390 e. The molecular weight excluding hydrogens is 417 g/mol. The molecule has 6 heteroatoms. The third-order valence-electron chi connectivity index (χ3n) is 7.38. The fourth-order valence-corrected chi connectivity index (χ4v) is 6.50. The lowest BCUT2D eigenvalue weighted by Crippen LogP contribution is -2.61. The third-order valence-corrected chi connectivity index (χ3v) is 7.70. The van der Waals surface area contributed by atoms with Gasteiger partial charge in [0.1, 0.15) is 5.82 Å². The van der Waals surface area contributed by atoms with Gasteiger partial charge in [-0.05, 0) is 73.6 Å². The minimum absolute atomic E-state index is 0.0581. The van der Waals surface area contributed by atoms with E-state index < -0.39 is 11.4 Å². The lowest BCUT2D eigenvalue weighted by atomic mass is 9.52. The summed E-state index contributed by atoms with van der Waals surface area (Å²) in [5.41, 5.74) is 0.461. The van der Waals surface area contributed by atoms with Crippen molar-refractivity contribution in [3.8, 4) is 0 Å². The van der Waals surface area contributed by atoms with Crippen molar-refractivity contribution in [3.05, 3.63) is 70.0 Å². The number of hydrogen-bond donors (Lipinski definition) is 2. The van der Waals surface area contributed by atoms with Crippen molar-refractivity contribution < 1.29 is 19.1 Å². The zero-order valence-corrected chi connectivity index (χ0v) is 17.9. The van der Waals surface area contributed by atoms with Crippen LogP contribution in [0.25, 0.3) is 0 Å². The normalized spacial score (nSPS) is 30.9. The van der Waals surface area contributed by atoms with Crippen LogP contribution in [0.3, 0.4) is 0 Å². The predicted octanol–water partition coefficient (Wildman–Crippen LogP) is 4.57. The summed E-state index contributed by atoms with van der Waals surface area (Å²) in [4.78, 5) is 25.5. The van der Waals surface area contributed by atoms with Crippen molar-refractivity contribution in [2.75, 3.05) is 0 Å². The van der Waals surface area contributed by atoms with E-state index in [0.717, 1.165) is 32.1 Å². The Morgan fingerprint density at radius 3 is 2.45 bits per heavy atom. The number of carbonyl (C=O) groups excluding carboxylic acids is 2. The van der Waals surface area contributed by atoms with Gasteiger partial charge in [-0.25, -0.2) is 4.39 Å². The fraction of sp³-hybridized carbons (Fsp3) is 0.440. The van der Waals surface area contributed by atoms with Crippen molar-refractivity contribution in [2.24, 2.45) is 17.8 Å². The van der Waals surface area contributed by atoms with Crippen LogP contribution in [-0.2, 0) is 6.42 Å². The predicted molar refractivity (Wildman–Crippen MR) is 116 cm³/mol. The highest BCUT2D eigenvalue weighted by atomic mass is 35.5. The second kappa shape index (κ2) is 7.72. The van der Waals surface area contributed by atoms with Gasteiger partial charge in [-0.2, -0.15) is 0 Å². The van der Waals surface area contributed by atoms with Crippen molar-refractivity contribution in [3.63, 3.8) is 0 Å². The van der Waals surface area contributed by atoms with Crippen LogP contribution in [0, 0.1) is 23.6 Å². The highest BCUT2D eigenvalue weighted by molar-refractivity contribution is 6.34. The first-order chi connectivity index (χ1) is 14.8. The van der Waals surface area contributed by atoms with Crippen LogP contribution in [0.4, 0.5) is 4.39 Å². The first-order valence-corrected chi connectivity index (χ1v) is 11.3. The van der Waals surface area contributed by atoms with E-state index in [2.05, 4.69) is 5.32 Å². The number of rotatable bonds is 5. The van der Waals surface area contributed by atoms with E-state index >= 15 is 0 Å². The lowest BCUT2D eigenvalue weighted by molar-refractivity contribution is -0.136. The van der Waals surface area contributed by atoms with Crippen molar-refractivity contribution >= 4 is 23.3 Å². The maximum Gasteiger partial charge on any atom is 0.253 e. The van der Waals surface area contributed by atoms with Crippen LogP contribution in [0.2, 0.25) is 5.02 Å². The molecule has 4 aliphatic rings. The number of carbonyl (C=O) groups is 2. The van der Waals surface area contributed by atoms with Gasteiger partial charge in [-0.1, -0.05) is 35.9 Å². The summed E-state index contributed by atoms with van der Waals surface area (Å²) in [6.07, 6.45) is 4.45. The molecular formula is C25H25ClFNO3. The standard InChI is InChI=1S/C25H25ClFNO3/c26-20-9-16(22(29)10-15-3-1-2-4-21(15)27)5-6-19(20)24(30)28-23-17-7-14-8-18(23)13-25(31,11-14)12-17/h1-6,9,14,17-18,23,31H,7-8,10-13H2,(H,28,30)/t14?,17?,18?,23-,25-. The lowest BCUT2D eigenvalue weighted by Gasteiger charge is -2.58. The molecule has 2 atom stereocenters. The molecule has 2 unspecified atom stereocenters. The Morgan fingerprint density at radius 1 is 1.10 bits per heavy atom. The Kier molecular flexibility index (Phi) is 5.14. The minimum Gasteiger partial charge on any atom is -0.390 e. The molecule has 4 nitrogen and oxygen atoms in total. The quantitative estimate of drug-likeness (QED) is 0.668.